The van der Waals surface area contributed by atoms with Crippen molar-refractivity contribution >= 4 is 33.2 Å². The lowest BCUT2D eigenvalue weighted by Gasteiger charge is -2.08. The molecule has 1 aliphatic carbocycles. The van der Waals surface area contributed by atoms with Crippen LogP contribution in [0.25, 0.3) is 21.8 Å². The van der Waals surface area contributed by atoms with Crippen LogP contribution in [0.5, 0.6) is 0 Å². The van der Waals surface area contributed by atoms with Gasteiger partial charge in [0.15, 0.2) is 0 Å². The van der Waals surface area contributed by atoms with Gasteiger partial charge in [-0.25, -0.2) is 4.98 Å². The van der Waals surface area contributed by atoms with Gasteiger partial charge in [-0.15, -0.1) is 0 Å². The van der Waals surface area contributed by atoms with Crippen molar-refractivity contribution in [2.75, 3.05) is 0 Å². The van der Waals surface area contributed by atoms with E-state index in [1.54, 1.807) is 0 Å². The Bertz CT molecular complexity index is 879. The number of aliphatic imine (C=N–C) groups is 1. The average Bonchev–Trinajstić information content (AvgIpc) is 2.83. The predicted octanol–water partition coefficient (Wildman–Crippen LogP) is 5.37. The molecule has 0 fully saturated rings. The minimum atomic E-state index is 0.970. The predicted molar refractivity (Wildman–Crippen MR) is 93.9 cm³/mol. The Labute approximate surface area is 129 Å². The van der Waals surface area contributed by atoms with E-state index in [-0.39, 0.29) is 0 Å². The van der Waals surface area contributed by atoms with Gasteiger partial charge >= 0.3 is 0 Å². The van der Waals surface area contributed by atoms with Gasteiger partial charge in [0.1, 0.15) is 0 Å². The molecule has 0 radical (unpaired) electrons. The highest BCUT2D eigenvalue weighted by atomic mass is 14.8. The Morgan fingerprint density at radius 2 is 1.50 bits per heavy atom. The fourth-order valence-electron chi connectivity index (χ4n) is 2.83. The second-order valence-electron chi connectivity index (χ2n) is 5.42. The number of hydrogen-bond donors (Lipinski definition) is 0. The Morgan fingerprint density at radius 1 is 0.818 bits per heavy atom. The molecule has 106 valence electrons. The van der Waals surface area contributed by atoms with Crippen molar-refractivity contribution < 1.29 is 0 Å². The van der Waals surface area contributed by atoms with Crippen LogP contribution in [-0.2, 0) is 0 Å². The molecular weight excluding hydrogens is 268 g/mol. The molecule has 0 aliphatic heterocycles. The minimum absolute atomic E-state index is 0.970. The third-order valence-corrected chi connectivity index (χ3v) is 3.92. The highest BCUT2D eigenvalue weighted by Crippen LogP contribution is 2.33. The summed E-state index contributed by atoms with van der Waals surface area (Å²) >= 11 is 0. The third kappa shape index (κ3) is 2.33. The van der Waals surface area contributed by atoms with E-state index in [1.807, 2.05) is 24.3 Å². The van der Waals surface area contributed by atoms with E-state index in [4.69, 9.17) is 9.98 Å². The first-order valence-electron chi connectivity index (χ1n) is 7.60. The van der Waals surface area contributed by atoms with Gasteiger partial charge in [0.2, 0.25) is 0 Å². The average molecular weight is 284 g/mol. The Hall–Kier alpha value is -2.74. The van der Waals surface area contributed by atoms with E-state index in [1.165, 1.54) is 0 Å². The van der Waals surface area contributed by atoms with Gasteiger partial charge in [-0.05, 0) is 31.1 Å². The number of rotatable bonds is 1. The van der Waals surface area contributed by atoms with Gasteiger partial charge in [0.25, 0.3) is 0 Å². The number of fused-ring (bicyclic) bond motifs is 2. The molecule has 2 aromatic carbocycles. The summed E-state index contributed by atoms with van der Waals surface area (Å²) < 4.78 is 0. The molecule has 0 unspecified atom stereocenters. The van der Waals surface area contributed by atoms with Crippen LogP contribution >= 0.6 is 0 Å². The van der Waals surface area contributed by atoms with E-state index < -0.39 is 0 Å². The zero-order valence-corrected chi connectivity index (χ0v) is 12.2. The summed E-state index contributed by atoms with van der Waals surface area (Å²) in [5.74, 6) is 0. The van der Waals surface area contributed by atoms with Crippen LogP contribution in [0.2, 0.25) is 0 Å². The number of hydrogen-bond acceptors (Lipinski definition) is 2. The number of para-hydroxylation sites is 2. The highest BCUT2D eigenvalue weighted by molar-refractivity contribution is 6.09. The number of allylic oxidation sites excluding steroid dienone is 4. The van der Waals surface area contributed by atoms with Gasteiger partial charge in [0.05, 0.1) is 16.7 Å². The molecule has 4 rings (SSSR count). The lowest BCUT2D eigenvalue weighted by Crippen LogP contribution is -1.92. The topological polar surface area (TPSA) is 25.2 Å². The van der Waals surface area contributed by atoms with Crippen molar-refractivity contribution in [3.63, 3.8) is 0 Å². The maximum atomic E-state index is 4.98. The van der Waals surface area contributed by atoms with Gasteiger partial charge in [-0.3, -0.25) is 4.99 Å². The van der Waals surface area contributed by atoms with Crippen molar-refractivity contribution in [3.8, 4) is 0 Å². The largest absolute Gasteiger partial charge is 0.252 e. The molecule has 0 spiro atoms. The van der Waals surface area contributed by atoms with Crippen LogP contribution in [0, 0.1) is 0 Å². The molecule has 3 aromatic rings. The van der Waals surface area contributed by atoms with Crippen molar-refractivity contribution in [2.24, 2.45) is 4.99 Å². The van der Waals surface area contributed by atoms with Crippen LogP contribution in [0.3, 0.4) is 0 Å². The third-order valence-electron chi connectivity index (χ3n) is 3.92. The van der Waals surface area contributed by atoms with Crippen LogP contribution < -0.4 is 0 Å². The van der Waals surface area contributed by atoms with Gasteiger partial charge in [0, 0.05) is 16.5 Å². The summed E-state index contributed by atoms with van der Waals surface area (Å²) in [5.41, 5.74) is 4.14. The van der Waals surface area contributed by atoms with Crippen molar-refractivity contribution in [2.45, 2.75) is 12.8 Å². The lowest BCUT2D eigenvalue weighted by atomic mass is 10.1. The molecule has 0 atom stereocenters. The molecule has 1 aromatic heterocycles. The number of nitrogens with zero attached hydrogens (tertiary/aromatic N) is 2. The summed E-state index contributed by atoms with van der Waals surface area (Å²) in [4.78, 5) is 9.73. The van der Waals surface area contributed by atoms with Crippen LogP contribution in [0.15, 0.2) is 77.8 Å². The normalized spacial score (nSPS) is 16.5. The fourth-order valence-corrected chi connectivity index (χ4v) is 2.83. The first-order valence-corrected chi connectivity index (χ1v) is 7.60. The molecule has 22 heavy (non-hydrogen) atoms. The summed E-state index contributed by atoms with van der Waals surface area (Å²) in [5, 5.41) is 2.22. The second-order valence-corrected chi connectivity index (χ2v) is 5.42. The molecule has 0 amide bonds. The first kappa shape index (κ1) is 13.0. The summed E-state index contributed by atoms with van der Waals surface area (Å²) in [6, 6.07) is 16.5. The van der Waals surface area contributed by atoms with Gasteiger partial charge in [-0.2, -0.15) is 0 Å². The van der Waals surface area contributed by atoms with Crippen molar-refractivity contribution in [1.29, 1.82) is 0 Å². The summed E-state index contributed by atoms with van der Waals surface area (Å²) in [7, 11) is 0. The van der Waals surface area contributed by atoms with Crippen LogP contribution in [0.1, 0.15) is 12.8 Å². The quantitative estimate of drug-likeness (QED) is 0.552. The van der Waals surface area contributed by atoms with E-state index in [0.717, 1.165) is 46.0 Å². The van der Waals surface area contributed by atoms with Crippen LogP contribution in [0.4, 0.5) is 5.69 Å². The van der Waals surface area contributed by atoms with Crippen molar-refractivity contribution in [1.82, 2.24) is 4.98 Å². The number of aromatic nitrogens is 1. The minimum Gasteiger partial charge on any atom is -0.252 e. The Morgan fingerprint density at radius 3 is 2.23 bits per heavy atom. The zero-order chi connectivity index (χ0) is 14.8. The molecule has 0 saturated carbocycles. The molecular formula is C20H16N2. The maximum absolute atomic E-state index is 4.98. The van der Waals surface area contributed by atoms with E-state index >= 15 is 0 Å². The monoisotopic (exact) mass is 284 g/mol. The summed E-state index contributed by atoms with van der Waals surface area (Å²) in [6.07, 6.45) is 10.4. The van der Waals surface area contributed by atoms with Gasteiger partial charge < -0.3 is 0 Å². The van der Waals surface area contributed by atoms with Crippen LogP contribution in [-0.4, -0.2) is 10.7 Å². The summed E-state index contributed by atoms with van der Waals surface area (Å²) in [6.45, 7) is 0. The molecule has 0 saturated heterocycles. The molecule has 2 nitrogen and oxygen atoms in total. The molecule has 0 N–H and O–H groups in total. The fraction of sp³-hybridized carbons (Fsp3) is 0.100. The first-order chi connectivity index (χ1) is 10.9. The lowest BCUT2D eigenvalue weighted by molar-refractivity contribution is 1.10. The Balaban J connectivity index is 2.02. The van der Waals surface area contributed by atoms with Crippen molar-refractivity contribution in [3.05, 3.63) is 72.8 Å². The van der Waals surface area contributed by atoms with E-state index in [2.05, 4.69) is 48.6 Å². The molecule has 1 heterocycles. The standard InChI is InChI=1S/C20H16N2/c1-2-4-10-15(9-3-1)21-20-16-11-5-7-13-18(16)22-19-14-8-6-12-17(19)20/h1-3,5-9,11-14H,4,10H2. The number of pyridine rings is 1. The smallest absolute Gasteiger partial charge is 0.0820 e. The SMILES string of the molecule is C1=CCCC(=Nc2c3ccccc3nc3ccccc23)C=C1. The zero-order valence-electron chi connectivity index (χ0n) is 12.2. The molecule has 1 aliphatic rings. The maximum Gasteiger partial charge on any atom is 0.0820 e. The van der Waals surface area contributed by atoms with Gasteiger partial charge in [-0.1, -0.05) is 54.6 Å². The van der Waals surface area contributed by atoms with E-state index in [0.29, 0.717) is 0 Å². The molecule has 0 bridgehead atoms. The second kappa shape index (κ2) is 5.57. The number of benzene rings is 2. The molecule has 2 heteroatoms. The Kier molecular flexibility index (Phi) is 3.28. The highest BCUT2D eigenvalue weighted by Gasteiger charge is 2.08. The van der Waals surface area contributed by atoms with E-state index in [9.17, 15) is 0 Å².